The largest absolute Gasteiger partial charge is 0.465 e. The molecule has 2 rings (SSSR count). The zero-order valence-corrected chi connectivity index (χ0v) is 11.7. The van der Waals surface area contributed by atoms with Crippen molar-refractivity contribution < 1.29 is 14.3 Å². The van der Waals surface area contributed by atoms with Crippen molar-refractivity contribution in [2.24, 2.45) is 0 Å². The summed E-state index contributed by atoms with van der Waals surface area (Å²) in [4.78, 5) is 26.3. The normalized spacial score (nSPS) is 9.81. The molecule has 108 valence electrons. The van der Waals surface area contributed by atoms with Crippen molar-refractivity contribution in [1.82, 2.24) is 4.98 Å². The third-order valence-corrected chi connectivity index (χ3v) is 2.66. The fourth-order valence-electron chi connectivity index (χ4n) is 1.70. The molecule has 0 radical (unpaired) electrons. The van der Waals surface area contributed by atoms with Gasteiger partial charge in [-0.2, -0.15) is 0 Å². The maximum absolute atomic E-state index is 11.3. The third kappa shape index (κ3) is 4.04. The molecule has 1 aromatic heterocycles. The van der Waals surface area contributed by atoms with Gasteiger partial charge in [0.15, 0.2) is 0 Å². The molecule has 2 N–H and O–H groups in total. The Bertz CT molecular complexity index is 636. The zero-order valence-electron chi connectivity index (χ0n) is 11.7. The molecule has 1 aromatic carbocycles. The number of pyridine rings is 1. The van der Waals surface area contributed by atoms with E-state index in [2.05, 4.69) is 20.4 Å². The maximum atomic E-state index is 11.3. The summed E-state index contributed by atoms with van der Waals surface area (Å²) < 4.78 is 4.64. The molecule has 6 nitrogen and oxygen atoms in total. The molecule has 0 unspecified atom stereocenters. The van der Waals surface area contributed by atoms with Crippen LogP contribution in [0.2, 0.25) is 0 Å². The average molecular weight is 285 g/mol. The number of amides is 1. The molecule has 0 aliphatic carbocycles. The highest BCUT2D eigenvalue weighted by molar-refractivity contribution is 5.90. The number of carbonyl (C=O) groups is 2. The second-order valence-corrected chi connectivity index (χ2v) is 4.31. The van der Waals surface area contributed by atoms with Crippen molar-refractivity contribution in [3.8, 4) is 0 Å². The summed E-state index contributed by atoms with van der Waals surface area (Å²) in [5, 5.41) is 5.73. The lowest BCUT2D eigenvalue weighted by Gasteiger charge is -2.08. The number of benzene rings is 1. The SMILES string of the molecule is COC(=O)c1ccc(Nc2ccc(NC(C)=O)nc2)cc1. The summed E-state index contributed by atoms with van der Waals surface area (Å²) in [5.41, 5.74) is 2.08. The summed E-state index contributed by atoms with van der Waals surface area (Å²) in [6.45, 7) is 1.43. The Kier molecular flexibility index (Phi) is 4.50. The molecule has 0 fully saturated rings. The Morgan fingerprint density at radius 1 is 1.05 bits per heavy atom. The molecule has 1 heterocycles. The molecule has 6 heteroatoms. The monoisotopic (exact) mass is 285 g/mol. The van der Waals surface area contributed by atoms with E-state index < -0.39 is 0 Å². The maximum Gasteiger partial charge on any atom is 0.337 e. The van der Waals surface area contributed by atoms with Crippen molar-refractivity contribution in [1.29, 1.82) is 0 Å². The lowest BCUT2D eigenvalue weighted by Crippen LogP contribution is -2.07. The number of ether oxygens (including phenoxy) is 1. The van der Waals surface area contributed by atoms with Gasteiger partial charge < -0.3 is 15.4 Å². The minimum absolute atomic E-state index is 0.165. The van der Waals surface area contributed by atoms with E-state index in [1.165, 1.54) is 14.0 Å². The van der Waals surface area contributed by atoms with E-state index in [1.54, 1.807) is 42.6 Å². The smallest absolute Gasteiger partial charge is 0.337 e. The van der Waals surface area contributed by atoms with Crippen molar-refractivity contribution in [3.05, 3.63) is 48.2 Å². The summed E-state index contributed by atoms with van der Waals surface area (Å²) in [6, 6.07) is 10.4. The molecule has 2 aromatic rings. The topological polar surface area (TPSA) is 80.3 Å². The standard InChI is InChI=1S/C15H15N3O3/c1-10(19)17-14-8-7-13(9-16-14)18-12-5-3-11(4-6-12)15(20)21-2/h3-9,18H,1-2H3,(H,16,17,19). The van der Waals surface area contributed by atoms with Gasteiger partial charge in [0, 0.05) is 12.6 Å². The minimum atomic E-state index is -0.372. The van der Waals surface area contributed by atoms with Gasteiger partial charge in [-0.1, -0.05) is 0 Å². The molecular weight excluding hydrogens is 270 g/mol. The summed E-state index contributed by atoms with van der Waals surface area (Å²) >= 11 is 0. The van der Waals surface area contributed by atoms with E-state index in [9.17, 15) is 9.59 Å². The van der Waals surface area contributed by atoms with Crippen LogP contribution in [0.25, 0.3) is 0 Å². The van der Waals surface area contributed by atoms with Gasteiger partial charge in [-0.05, 0) is 36.4 Å². The molecular formula is C15H15N3O3. The molecule has 0 saturated heterocycles. The van der Waals surface area contributed by atoms with Gasteiger partial charge in [0.25, 0.3) is 0 Å². The van der Waals surface area contributed by atoms with Gasteiger partial charge >= 0.3 is 5.97 Å². The first-order chi connectivity index (χ1) is 10.1. The zero-order chi connectivity index (χ0) is 15.2. The number of nitrogens with zero attached hydrogens (tertiary/aromatic N) is 1. The van der Waals surface area contributed by atoms with Crippen molar-refractivity contribution in [3.63, 3.8) is 0 Å². The van der Waals surface area contributed by atoms with Gasteiger partial charge in [0.1, 0.15) is 5.82 Å². The Labute approximate surface area is 122 Å². The molecule has 0 saturated carbocycles. The summed E-state index contributed by atoms with van der Waals surface area (Å²) in [7, 11) is 1.34. The van der Waals surface area contributed by atoms with Gasteiger partial charge in [-0.3, -0.25) is 4.79 Å². The van der Waals surface area contributed by atoms with Crippen LogP contribution >= 0.6 is 0 Å². The van der Waals surface area contributed by atoms with Crippen molar-refractivity contribution in [2.75, 3.05) is 17.7 Å². The lowest BCUT2D eigenvalue weighted by atomic mass is 10.2. The van der Waals surface area contributed by atoms with Gasteiger partial charge in [0.2, 0.25) is 5.91 Å². The molecule has 0 aliphatic rings. The Hall–Kier alpha value is -2.89. The number of hydrogen-bond donors (Lipinski definition) is 2. The van der Waals surface area contributed by atoms with Crippen LogP contribution in [0.5, 0.6) is 0 Å². The van der Waals surface area contributed by atoms with E-state index in [0.29, 0.717) is 11.4 Å². The van der Waals surface area contributed by atoms with Crippen LogP contribution in [0.1, 0.15) is 17.3 Å². The number of anilines is 3. The number of carbonyl (C=O) groups excluding carboxylic acids is 2. The highest BCUT2D eigenvalue weighted by Crippen LogP contribution is 2.17. The first-order valence-electron chi connectivity index (χ1n) is 6.27. The fraction of sp³-hybridized carbons (Fsp3) is 0.133. The van der Waals surface area contributed by atoms with Crippen LogP contribution in [0.4, 0.5) is 17.2 Å². The van der Waals surface area contributed by atoms with Crippen LogP contribution in [0, 0.1) is 0 Å². The number of nitrogens with one attached hydrogen (secondary N) is 2. The van der Waals surface area contributed by atoms with Crippen LogP contribution in [0.3, 0.4) is 0 Å². The average Bonchev–Trinajstić information content (AvgIpc) is 2.49. The van der Waals surface area contributed by atoms with Gasteiger partial charge in [-0.15, -0.1) is 0 Å². The lowest BCUT2D eigenvalue weighted by molar-refractivity contribution is -0.114. The van der Waals surface area contributed by atoms with E-state index >= 15 is 0 Å². The van der Waals surface area contributed by atoms with E-state index in [0.717, 1.165) is 11.4 Å². The van der Waals surface area contributed by atoms with E-state index in [4.69, 9.17) is 0 Å². The first-order valence-corrected chi connectivity index (χ1v) is 6.27. The Morgan fingerprint density at radius 3 is 2.24 bits per heavy atom. The minimum Gasteiger partial charge on any atom is -0.465 e. The predicted molar refractivity (Wildman–Crippen MR) is 79.6 cm³/mol. The Balaban J connectivity index is 2.04. The molecule has 0 aliphatic heterocycles. The molecule has 0 bridgehead atoms. The Morgan fingerprint density at radius 2 is 1.71 bits per heavy atom. The highest BCUT2D eigenvalue weighted by atomic mass is 16.5. The number of rotatable bonds is 4. The summed E-state index contributed by atoms with van der Waals surface area (Å²) in [6.07, 6.45) is 1.61. The fourth-order valence-corrected chi connectivity index (χ4v) is 1.70. The van der Waals surface area contributed by atoms with Crippen LogP contribution in [0.15, 0.2) is 42.6 Å². The third-order valence-electron chi connectivity index (χ3n) is 2.66. The van der Waals surface area contributed by atoms with Crippen molar-refractivity contribution >= 4 is 29.1 Å². The number of aromatic nitrogens is 1. The van der Waals surface area contributed by atoms with Crippen LogP contribution in [-0.4, -0.2) is 24.0 Å². The quantitative estimate of drug-likeness (QED) is 0.844. The number of hydrogen-bond acceptors (Lipinski definition) is 5. The predicted octanol–water partition coefficient (Wildman–Crippen LogP) is 2.57. The van der Waals surface area contributed by atoms with Crippen molar-refractivity contribution in [2.45, 2.75) is 6.92 Å². The van der Waals surface area contributed by atoms with Gasteiger partial charge in [-0.25, -0.2) is 9.78 Å². The van der Waals surface area contributed by atoms with E-state index in [1.807, 2.05) is 0 Å². The second-order valence-electron chi connectivity index (χ2n) is 4.31. The second kappa shape index (κ2) is 6.51. The number of esters is 1. The van der Waals surface area contributed by atoms with Crippen LogP contribution < -0.4 is 10.6 Å². The number of methoxy groups -OCH3 is 1. The molecule has 0 spiro atoms. The molecule has 1 amide bonds. The van der Waals surface area contributed by atoms with Gasteiger partial charge in [0.05, 0.1) is 24.6 Å². The molecule has 21 heavy (non-hydrogen) atoms. The van der Waals surface area contributed by atoms with Crippen LogP contribution in [-0.2, 0) is 9.53 Å². The first kappa shape index (κ1) is 14.5. The highest BCUT2D eigenvalue weighted by Gasteiger charge is 2.04. The molecule has 0 atom stereocenters. The van der Waals surface area contributed by atoms with E-state index in [-0.39, 0.29) is 11.9 Å². The summed E-state index contributed by atoms with van der Waals surface area (Å²) in [5.74, 6) is -0.0430.